The smallest absolute Gasteiger partial charge is 0.317 e. The second-order valence-electron chi connectivity index (χ2n) is 12.2. The standard InChI is InChI=1S/C29H60O6/c1-12-15-18-21-30-25(28(10,11)31-22-19-16-13-2)24-33-35-29(26(4,5)6,34-27(7,8)9)32-23-20-17-14-3/h25H,12-24H2,1-11H3. The Morgan fingerprint density at radius 1 is 0.600 bits per heavy atom. The van der Waals surface area contributed by atoms with Gasteiger partial charge in [0.1, 0.15) is 12.7 Å². The fourth-order valence-corrected chi connectivity index (χ4v) is 3.51. The molecule has 0 aromatic heterocycles. The molecule has 35 heavy (non-hydrogen) atoms. The van der Waals surface area contributed by atoms with E-state index in [2.05, 4.69) is 34.6 Å². The van der Waals surface area contributed by atoms with Gasteiger partial charge in [-0.2, -0.15) is 4.89 Å². The van der Waals surface area contributed by atoms with Gasteiger partial charge >= 0.3 is 5.97 Å². The lowest BCUT2D eigenvalue weighted by molar-refractivity contribution is -0.548. The van der Waals surface area contributed by atoms with Crippen LogP contribution in [-0.4, -0.2) is 49.7 Å². The van der Waals surface area contributed by atoms with Gasteiger partial charge in [-0.05, 0) is 53.9 Å². The van der Waals surface area contributed by atoms with Gasteiger partial charge in [0.15, 0.2) is 0 Å². The molecular formula is C29H60O6. The van der Waals surface area contributed by atoms with Crippen LogP contribution in [0.4, 0.5) is 0 Å². The van der Waals surface area contributed by atoms with Crippen LogP contribution in [0.3, 0.4) is 0 Å². The molecule has 212 valence electrons. The predicted molar refractivity (Wildman–Crippen MR) is 144 cm³/mol. The first kappa shape index (κ1) is 34.8. The summed E-state index contributed by atoms with van der Waals surface area (Å²) in [5, 5.41) is 0. The van der Waals surface area contributed by atoms with Crippen molar-refractivity contribution in [1.82, 2.24) is 0 Å². The summed E-state index contributed by atoms with van der Waals surface area (Å²) < 4.78 is 25.2. The third kappa shape index (κ3) is 14.9. The van der Waals surface area contributed by atoms with Gasteiger partial charge in [0, 0.05) is 18.6 Å². The molecule has 0 saturated carbocycles. The zero-order valence-electron chi connectivity index (χ0n) is 25.2. The summed E-state index contributed by atoms with van der Waals surface area (Å²) in [4.78, 5) is 12.0. The molecule has 0 rings (SSSR count). The lowest BCUT2D eigenvalue weighted by Gasteiger charge is -2.45. The molecule has 0 N–H and O–H groups in total. The van der Waals surface area contributed by atoms with Crippen molar-refractivity contribution in [3.8, 4) is 0 Å². The molecule has 0 radical (unpaired) electrons. The van der Waals surface area contributed by atoms with Gasteiger partial charge in [0.25, 0.3) is 0 Å². The Balaban J connectivity index is 5.47. The molecule has 0 heterocycles. The van der Waals surface area contributed by atoms with E-state index in [1.165, 1.54) is 6.42 Å². The third-order valence-corrected chi connectivity index (χ3v) is 5.85. The first-order chi connectivity index (χ1) is 16.2. The highest BCUT2D eigenvalue weighted by molar-refractivity contribution is 4.82. The Bertz CT molecular complexity index is 508. The van der Waals surface area contributed by atoms with E-state index in [4.69, 9.17) is 28.7 Å². The van der Waals surface area contributed by atoms with Crippen molar-refractivity contribution < 1.29 is 28.7 Å². The average molecular weight is 505 g/mol. The maximum atomic E-state index is 6.40. The van der Waals surface area contributed by atoms with E-state index in [9.17, 15) is 0 Å². The van der Waals surface area contributed by atoms with E-state index in [0.717, 1.165) is 51.4 Å². The van der Waals surface area contributed by atoms with Crippen molar-refractivity contribution in [2.45, 2.75) is 157 Å². The molecule has 0 aromatic rings. The number of unbranched alkanes of at least 4 members (excludes halogenated alkanes) is 6. The van der Waals surface area contributed by atoms with E-state index in [-0.39, 0.29) is 12.7 Å². The van der Waals surface area contributed by atoms with Crippen LogP contribution in [0.15, 0.2) is 0 Å². The number of ether oxygens (including phenoxy) is 4. The summed E-state index contributed by atoms with van der Waals surface area (Å²) in [7, 11) is 0. The summed E-state index contributed by atoms with van der Waals surface area (Å²) in [6.07, 6.45) is 9.53. The Morgan fingerprint density at radius 2 is 1.09 bits per heavy atom. The maximum Gasteiger partial charge on any atom is 0.317 e. The average Bonchev–Trinajstić information content (AvgIpc) is 2.73. The molecule has 2 atom stereocenters. The molecule has 0 aliphatic heterocycles. The highest BCUT2D eigenvalue weighted by Crippen LogP contribution is 2.40. The minimum atomic E-state index is -1.35. The largest absolute Gasteiger partial charge is 0.373 e. The highest BCUT2D eigenvalue weighted by Gasteiger charge is 2.51. The molecule has 0 fully saturated rings. The van der Waals surface area contributed by atoms with Gasteiger partial charge in [0.2, 0.25) is 0 Å². The SMILES string of the molecule is CCCCCOC(COOC(OCCCCC)(OC(C)(C)C)C(C)(C)C)C(C)(C)OCCCCC. The van der Waals surface area contributed by atoms with E-state index >= 15 is 0 Å². The van der Waals surface area contributed by atoms with Gasteiger partial charge in [-0.1, -0.05) is 80.1 Å². The Kier molecular flexibility index (Phi) is 17.2. The Hall–Kier alpha value is -0.240. The number of rotatable bonds is 21. The molecule has 0 amide bonds. The fourth-order valence-electron chi connectivity index (χ4n) is 3.51. The van der Waals surface area contributed by atoms with Gasteiger partial charge in [-0.3, -0.25) is 0 Å². The van der Waals surface area contributed by atoms with Crippen molar-refractivity contribution in [2.75, 3.05) is 26.4 Å². The first-order valence-electron chi connectivity index (χ1n) is 14.1. The van der Waals surface area contributed by atoms with E-state index < -0.39 is 22.6 Å². The zero-order valence-corrected chi connectivity index (χ0v) is 25.2. The fraction of sp³-hybridized carbons (Fsp3) is 1.00. The molecule has 0 aromatic carbocycles. The zero-order chi connectivity index (χ0) is 27.0. The van der Waals surface area contributed by atoms with E-state index in [1.807, 2.05) is 41.5 Å². The van der Waals surface area contributed by atoms with Gasteiger partial charge in [-0.25, -0.2) is 4.89 Å². The van der Waals surface area contributed by atoms with Gasteiger partial charge in [0.05, 0.1) is 17.8 Å². The molecule has 0 aliphatic carbocycles. The second-order valence-corrected chi connectivity index (χ2v) is 12.2. The minimum absolute atomic E-state index is 0.219. The Morgan fingerprint density at radius 3 is 1.54 bits per heavy atom. The lowest BCUT2D eigenvalue weighted by atomic mass is 9.92. The van der Waals surface area contributed by atoms with Gasteiger partial charge < -0.3 is 18.9 Å². The number of hydrogen-bond acceptors (Lipinski definition) is 6. The summed E-state index contributed by atoms with van der Waals surface area (Å²) in [5.41, 5.74) is -1.49. The molecule has 0 saturated heterocycles. The van der Waals surface area contributed by atoms with Crippen LogP contribution >= 0.6 is 0 Å². The van der Waals surface area contributed by atoms with Crippen LogP contribution in [0, 0.1) is 5.41 Å². The quantitative estimate of drug-likeness (QED) is 0.0679. The summed E-state index contributed by atoms with van der Waals surface area (Å²) in [6.45, 7) is 24.9. The van der Waals surface area contributed by atoms with E-state index in [1.54, 1.807) is 0 Å². The molecular weight excluding hydrogens is 444 g/mol. The molecule has 2 unspecified atom stereocenters. The Labute approximate surface area is 218 Å². The van der Waals surface area contributed by atoms with Crippen LogP contribution in [-0.2, 0) is 28.7 Å². The lowest BCUT2D eigenvalue weighted by Crippen LogP contribution is -2.55. The third-order valence-electron chi connectivity index (χ3n) is 5.85. The van der Waals surface area contributed by atoms with Crippen molar-refractivity contribution in [1.29, 1.82) is 0 Å². The first-order valence-corrected chi connectivity index (χ1v) is 14.1. The van der Waals surface area contributed by atoms with Crippen molar-refractivity contribution >= 4 is 0 Å². The summed E-state index contributed by atoms with van der Waals surface area (Å²) in [6, 6.07) is 0. The topological polar surface area (TPSA) is 55.4 Å². The molecule has 6 nitrogen and oxygen atoms in total. The predicted octanol–water partition coefficient (Wildman–Crippen LogP) is 8.22. The van der Waals surface area contributed by atoms with Crippen LogP contribution in [0.25, 0.3) is 0 Å². The van der Waals surface area contributed by atoms with Crippen LogP contribution in [0.2, 0.25) is 0 Å². The molecule has 0 spiro atoms. The van der Waals surface area contributed by atoms with Crippen LogP contribution < -0.4 is 0 Å². The van der Waals surface area contributed by atoms with Crippen molar-refractivity contribution in [2.24, 2.45) is 5.41 Å². The molecule has 6 heteroatoms. The highest BCUT2D eigenvalue weighted by atomic mass is 17.3. The number of hydrogen-bond donors (Lipinski definition) is 0. The van der Waals surface area contributed by atoms with Crippen LogP contribution in [0.1, 0.15) is 134 Å². The normalized spacial score (nSPS) is 15.9. The second kappa shape index (κ2) is 17.3. The van der Waals surface area contributed by atoms with E-state index in [0.29, 0.717) is 19.8 Å². The van der Waals surface area contributed by atoms with Crippen LogP contribution in [0.5, 0.6) is 0 Å². The molecule has 0 bridgehead atoms. The summed E-state index contributed by atoms with van der Waals surface area (Å²) in [5.74, 6) is -1.35. The van der Waals surface area contributed by atoms with Crippen molar-refractivity contribution in [3.63, 3.8) is 0 Å². The molecule has 0 aliphatic rings. The summed E-state index contributed by atoms with van der Waals surface area (Å²) >= 11 is 0. The van der Waals surface area contributed by atoms with Gasteiger partial charge in [-0.15, -0.1) is 0 Å². The maximum absolute atomic E-state index is 6.40. The monoisotopic (exact) mass is 504 g/mol. The minimum Gasteiger partial charge on any atom is -0.373 e. The van der Waals surface area contributed by atoms with Crippen molar-refractivity contribution in [3.05, 3.63) is 0 Å².